The van der Waals surface area contributed by atoms with Crippen molar-refractivity contribution in [3.05, 3.63) is 99.5 Å². The van der Waals surface area contributed by atoms with Gasteiger partial charge in [-0.05, 0) is 73.4 Å². The van der Waals surface area contributed by atoms with Crippen LogP contribution in [0.3, 0.4) is 0 Å². The molecule has 2 unspecified atom stereocenters. The Bertz CT molecular complexity index is 1710. The van der Waals surface area contributed by atoms with Crippen LogP contribution in [0.25, 0.3) is 11.3 Å². The largest absolute Gasteiger partial charge is 0.363 e. The fourth-order valence-electron chi connectivity index (χ4n) is 7.32. The molecule has 198 valence electrons. The molecule has 0 bridgehead atoms. The van der Waals surface area contributed by atoms with Gasteiger partial charge in [0.2, 0.25) is 0 Å². The van der Waals surface area contributed by atoms with Crippen LogP contribution in [0, 0.1) is 5.82 Å². The van der Waals surface area contributed by atoms with Crippen molar-refractivity contribution in [2.24, 2.45) is 0 Å². The van der Waals surface area contributed by atoms with Crippen molar-refractivity contribution in [1.82, 2.24) is 19.7 Å². The van der Waals surface area contributed by atoms with E-state index in [-0.39, 0.29) is 5.82 Å². The molecule has 0 spiro atoms. The highest BCUT2D eigenvalue weighted by molar-refractivity contribution is 6.26. The number of hydrogen-bond acceptors (Lipinski definition) is 3. The number of nitrogens with zero attached hydrogens (tertiary/aromatic N) is 4. The fraction of sp³-hybridized carbons (Fsp3) is 0.375. The third kappa shape index (κ3) is 3.12. The first-order valence-electron chi connectivity index (χ1n) is 14.1. The Balaban J connectivity index is 1.35. The first-order chi connectivity index (χ1) is 18.8. The van der Waals surface area contributed by atoms with Crippen LogP contribution in [-0.4, -0.2) is 26.3 Å². The molecule has 4 aliphatic rings. The minimum absolute atomic E-state index is 0.224. The summed E-state index contributed by atoms with van der Waals surface area (Å²) in [6.45, 7) is 7.81. The van der Waals surface area contributed by atoms with Gasteiger partial charge in [-0.1, -0.05) is 31.2 Å². The van der Waals surface area contributed by atoms with Crippen LogP contribution < -0.4 is 4.90 Å². The van der Waals surface area contributed by atoms with Crippen LogP contribution in [0.2, 0.25) is 0 Å². The molecule has 1 fully saturated rings. The molecule has 2 aliphatic carbocycles. The second-order valence-corrected chi connectivity index (χ2v) is 12.7. The van der Waals surface area contributed by atoms with E-state index >= 15 is 4.39 Å². The molecular formula is C32H31ClFN5. The second-order valence-electron chi connectivity index (χ2n) is 11.9. The zero-order chi connectivity index (χ0) is 26.7. The standard InChI is InChI=1S/C32H31ClFN5/c1-4-18-6-5-7-21-24-15-31(2,33)28-23(10-12-35-28)32(24,3)29-22-17-38(13-11-26(22)37-39(29)27(18)21)30-25(34)14-20(16-36-30)19-8-9-19/h5-7,10,12,14-16,19,35H,4,8-9,11,13,17H2,1-3H3. The van der Waals surface area contributed by atoms with Crippen molar-refractivity contribution >= 4 is 23.0 Å². The third-order valence-corrected chi connectivity index (χ3v) is 9.73. The normalized spacial score (nSPS) is 24.8. The van der Waals surface area contributed by atoms with Crippen LogP contribution in [0.5, 0.6) is 0 Å². The first-order valence-corrected chi connectivity index (χ1v) is 14.4. The van der Waals surface area contributed by atoms with E-state index in [4.69, 9.17) is 16.7 Å². The summed E-state index contributed by atoms with van der Waals surface area (Å²) in [6, 6.07) is 10.4. The van der Waals surface area contributed by atoms with Crippen LogP contribution in [-0.2, 0) is 29.7 Å². The van der Waals surface area contributed by atoms with Crippen molar-refractivity contribution in [3.8, 4) is 5.69 Å². The number of allylic oxidation sites excluding steroid dienone is 2. The van der Waals surface area contributed by atoms with Crippen LogP contribution in [0.4, 0.5) is 10.2 Å². The minimum Gasteiger partial charge on any atom is -0.363 e. The lowest BCUT2D eigenvalue weighted by Crippen LogP contribution is -2.41. The van der Waals surface area contributed by atoms with E-state index in [1.807, 2.05) is 12.4 Å². The molecule has 1 saturated carbocycles. The minimum atomic E-state index is -0.655. The van der Waals surface area contributed by atoms with Gasteiger partial charge in [-0.3, -0.25) is 0 Å². The fourth-order valence-corrected chi connectivity index (χ4v) is 7.58. The molecule has 39 heavy (non-hydrogen) atoms. The van der Waals surface area contributed by atoms with Crippen LogP contribution in [0.1, 0.15) is 84.4 Å². The summed E-state index contributed by atoms with van der Waals surface area (Å²) >= 11 is 7.18. The Morgan fingerprint density at radius 1 is 1.21 bits per heavy atom. The molecule has 2 aliphatic heterocycles. The lowest BCUT2D eigenvalue weighted by Gasteiger charge is -2.45. The summed E-state index contributed by atoms with van der Waals surface area (Å²) in [7, 11) is 0. The smallest absolute Gasteiger partial charge is 0.165 e. The summed E-state index contributed by atoms with van der Waals surface area (Å²) in [5, 5.41) is 5.27. The third-order valence-electron chi connectivity index (χ3n) is 9.43. The predicted molar refractivity (Wildman–Crippen MR) is 152 cm³/mol. The van der Waals surface area contributed by atoms with Gasteiger partial charge < -0.3 is 9.88 Å². The Kier molecular flexibility index (Phi) is 4.73. The lowest BCUT2D eigenvalue weighted by atomic mass is 9.63. The van der Waals surface area contributed by atoms with E-state index in [1.165, 1.54) is 27.8 Å². The number of aromatic amines is 1. The number of hydrogen-bond donors (Lipinski definition) is 1. The number of halogens is 2. The number of alkyl halides is 1. The number of aromatic nitrogens is 4. The summed E-state index contributed by atoms with van der Waals surface area (Å²) in [6.07, 6.45) is 10.0. The van der Waals surface area contributed by atoms with Crippen molar-refractivity contribution in [2.45, 2.75) is 69.2 Å². The maximum Gasteiger partial charge on any atom is 0.165 e. The highest BCUT2D eigenvalue weighted by Crippen LogP contribution is 2.58. The van der Waals surface area contributed by atoms with Crippen LogP contribution >= 0.6 is 11.6 Å². The molecule has 0 saturated heterocycles. The number of benzene rings is 1. The Morgan fingerprint density at radius 3 is 2.82 bits per heavy atom. The van der Waals surface area contributed by atoms with E-state index in [2.05, 4.69) is 70.7 Å². The Morgan fingerprint density at radius 2 is 2.05 bits per heavy atom. The predicted octanol–water partition coefficient (Wildman–Crippen LogP) is 6.91. The van der Waals surface area contributed by atoms with Gasteiger partial charge in [0, 0.05) is 48.7 Å². The number of para-hydroxylation sites is 1. The van der Waals surface area contributed by atoms with E-state index in [1.54, 1.807) is 6.07 Å². The lowest BCUT2D eigenvalue weighted by molar-refractivity contribution is 0.589. The molecule has 4 aromatic rings. The molecule has 1 N–H and O–H groups in total. The van der Waals surface area contributed by atoms with E-state index < -0.39 is 10.3 Å². The van der Waals surface area contributed by atoms with Crippen LogP contribution in [0.15, 0.2) is 48.8 Å². The van der Waals surface area contributed by atoms with Crippen molar-refractivity contribution in [3.63, 3.8) is 0 Å². The molecule has 7 heteroatoms. The van der Waals surface area contributed by atoms with Gasteiger partial charge >= 0.3 is 0 Å². The molecule has 8 rings (SSSR count). The molecular weight excluding hydrogens is 509 g/mol. The second kappa shape index (κ2) is 7.85. The summed E-state index contributed by atoms with van der Waals surface area (Å²) in [5.74, 6) is 0.692. The average molecular weight is 540 g/mol. The van der Waals surface area contributed by atoms with Crippen molar-refractivity contribution in [2.75, 3.05) is 11.4 Å². The zero-order valence-electron chi connectivity index (χ0n) is 22.5. The number of aryl methyl sites for hydroxylation is 1. The van der Waals surface area contributed by atoms with Gasteiger partial charge in [-0.2, -0.15) is 5.10 Å². The van der Waals surface area contributed by atoms with Gasteiger partial charge in [0.15, 0.2) is 11.6 Å². The van der Waals surface area contributed by atoms with Gasteiger partial charge in [-0.15, -0.1) is 11.6 Å². The maximum absolute atomic E-state index is 15.4. The highest BCUT2D eigenvalue weighted by atomic mass is 35.5. The zero-order valence-corrected chi connectivity index (χ0v) is 23.2. The molecule has 2 atom stereocenters. The molecule has 0 amide bonds. The first kappa shape index (κ1) is 23.5. The van der Waals surface area contributed by atoms with E-state index in [0.29, 0.717) is 24.8 Å². The topological polar surface area (TPSA) is 49.7 Å². The summed E-state index contributed by atoms with van der Waals surface area (Å²) < 4.78 is 17.6. The Hall–Kier alpha value is -3.38. The molecule has 3 aromatic heterocycles. The summed E-state index contributed by atoms with van der Waals surface area (Å²) in [5.41, 5.74) is 11.0. The number of pyridine rings is 1. The monoisotopic (exact) mass is 539 g/mol. The van der Waals surface area contributed by atoms with E-state index in [0.717, 1.165) is 54.0 Å². The SMILES string of the molecule is CCc1cccc2c1-n1nc3c(c1C1(C)C2=CC(C)(Cl)c2[nH]ccc21)CN(c1ncc(C2CC2)cc1F)CC3. The number of H-pyrrole nitrogens is 1. The van der Waals surface area contributed by atoms with Gasteiger partial charge in [0.25, 0.3) is 0 Å². The number of anilines is 1. The summed E-state index contributed by atoms with van der Waals surface area (Å²) in [4.78, 5) is 9.51. The van der Waals surface area contributed by atoms with Crippen molar-refractivity contribution < 1.29 is 4.39 Å². The number of nitrogens with one attached hydrogen (secondary N) is 1. The van der Waals surface area contributed by atoms with Gasteiger partial charge in [0.1, 0.15) is 4.87 Å². The highest BCUT2D eigenvalue weighted by Gasteiger charge is 2.51. The molecule has 0 radical (unpaired) electrons. The Labute approximate surface area is 232 Å². The average Bonchev–Trinajstić information content (AvgIpc) is 3.50. The number of fused-ring (bicyclic) bond motifs is 10. The van der Waals surface area contributed by atoms with Gasteiger partial charge in [-0.25, -0.2) is 14.1 Å². The molecule has 5 nitrogen and oxygen atoms in total. The quantitative estimate of drug-likeness (QED) is 0.288. The van der Waals surface area contributed by atoms with Gasteiger partial charge in [0.05, 0.1) is 22.5 Å². The maximum atomic E-state index is 15.4. The van der Waals surface area contributed by atoms with Crippen molar-refractivity contribution in [1.29, 1.82) is 0 Å². The molecule has 1 aromatic carbocycles. The van der Waals surface area contributed by atoms with E-state index in [9.17, 15) is 0 Å². The number of rotatable bonds is 3. The molecule has 5 heterocycles.